The molecule has 0 aliphatic carbocycles. The Morgan fingerprint density at radius 3 is 2.23 bits per heavy atom. The van der Waals surface area contributed by atoms with Gasteiger partial charge in [0.05, 0.1) is 17.8 Å². The Kier molecular flexibility index (Phi) is 9.81. The molecule has 0 saturated carbocycles. The van der Waals surface area contributed by atoms with Gasteiger partial charge in [0.1, 0.15) is 29.2 Å². The number of anilines is 1. The molecule has 1 aliphatic rings. The molecule has 0 radical (unpaired) electrons. The van der Waals surface area contributed by atoms with Gasteiger partial charge in [-0.15, -0.1) is 0 Å². The third-order valence-electron chi connectivity index (χ3n) is 4.79. The summed E-state index contributed by atoms with van der Waals surface area (Å²) in [6.07, 6.45) is -3.70. The van der Waals surface area contributed by atoms with Gasteiger partial charge in [-0.3, -0.25) is 4.79 Å². The number of rotatable bonds is 6. The fraction of sp³-hybridized carbons (Fsp3) is 0.364. The molecule has 0 spiro atoms. The van der Waals surface area contributed by atoms with Crippen LogP contribution in [-0.2, 0) is 9.59 Å². The van der Waals surface area contributed by atoms with Gasteiger partial charge in [0.25, 0.3) is 5.91 Å². The third-order valence-corrected chi connectivity index (χ3v) is 5.08. The predicted molar refractivity (Wildman–Crippen MR) is 118 cm³/mol. The molecule has 0 unspecified atom stereocenters. The largest absolute Gasteiger partial charge is 0.495 e. The first-order valence-corrected chi connectivity index (χ1v) is 10.5. The highest BCUT2D eigenvalue weighted by molar-refractivity contribution is 6.32. The number of halogens is 5. The molecule has 0 atom stereocenters. The number of carboxylic acid groups (broad SMARTS) is 1. The number of carbonyl (C=O) groups excluding carboxylic acids is 1. The smallest absolute Gasteiger partial charge is 0.490 e. The van der Waals surface area contributed by atoms with Crippen LogP contribution < -0.4 is 19.9 Å². The molecule has 1 amide bonds. The number of likely N-dealkylation sites (tertiary alicyclic amines) is 1. The number of carbonyl (C=O) groups is 2. The maximum absolute atomic E-state index is 13.0. The molecule has 1 fully saturated rings. The average molecular weight is 523 g/mol. The number of piperidine rings is 1. The fourth-order valence-corrected chi connectivity index (χ4v) is 3.24. The van der Waals surface area contributed by atoms with Gasteiger partial charge in [0.2, 0.25) is 0 Å². The number of hydrogen-bond acceptors (Lipinski definition) is 6. The molecule has 13 heteroatoms. The van der Waals surface area contributed by atoms with Crippen LogP contribution in [0.1, 0.15) is 12.8 Å². The first-order chi connectivity index (χ1) is 16.4. The highest BCUT2D eigenvalue weighted by Crippen LogP contribution is 2.34. The minimum atomic E-state index is -5.08. The van der Waals surface area contributed by atoms with Crippen LogP contribution in [-0.4, -0.2) is 61.0 Å². The number of nitrogens with zero attached hydrogens (tertiary/aromatic N) is 1. The lowest BCUT2D eigenvalue weighted by molar-refractivity contribution is -0.192. The number of methoxy groups -OCH3 is 1. The van der Waals surface area contributed by atoms with E-state index in [9.17, 15) is 22.4 Å². The number of nitrogen functional groups attached to an aromatic ring is 1. The van der Waals surface area contributed by atoms with E-state index in [0.717, 1.165) is 0 Å². The Bertz CT molecular complexity index is 1010. The summed E-state index contributed by atoms with van der Waals surface area (Å²) in [5.41, 5.74) is 6.22. The lowest BCUT2D eigenvalue weighted by atomic mass is 10.1. The van der Waals surface area contributed by atoms with Gasteiger partial charge in [-0.2, -0.15) is 13.2 Å². The van der Waals surface area contributed by atoms with Crippen LogP contribution in [0, 0.1) is 5.82 Å². The van der Waals surface area contributed by atoms with E-state index in [0.29, 0.717) is 53.9 Å². The lowest BCUT2D eigenvalue weighted by Crippen LogP contribution is -2.43. The van der Waals surface area contributed by atoms with Crippen LogP contribution >= 0.6 is 11.6 Å². The van der Waals surface area contributed by atoms with Crippen molar-refractivity contribution in [1.82, 2.24) is 4.90 Å². The van der Waals surface area contributed by atoms with Crippen molar-refractivity contribution in [3.05, 3.63) is 47.2 Å². The monoisotopic (exact) mass is 522 g/mol. The molecule has 2 aromatic carbocycles. The summed E-state index contributed by atoms with van der Waals surface area (Å²) in [6, 6.07) is 9.02. The second-order valence-corrected chi connectivity index (χ2v) is 7.68. The summed E-state index contributed by atoms with van der Waals surface area (Å²) < 4.78 is 61.2. The van der Waals surface area contributed by atoms with Gasteiger partial charge in [-0.1, -0.05) is 11.6 Å². The number of hydrogen-bond donors (Lipinski definition) is 2. The number of benzene rings is 2. The number of carboxylic acids is 1. The van der Waals surface area contributed by atoms with Crippen molar-refractivity contribution >= 4 is 29.2 Å². The van der Waals surface area contributed by atoms with Crippen LogP contribution in [0.4, 0.5) is 23.2 Å². The van der Waals surface area contributed by atoms with Crippen molar-refractivity contribution in [2.75, 3.05) is 32.5 Å². The molecule has 3 rings (SSSR count). The number of aliphatic carboxylic acids is 1. The van der Waals surface area contributed by atoms with Crippen LogP contribution in [0.2, 0.25) is 5.02 Å². The van der Waals surface area contributed by atoms with Crippen LogP contribution in [0.25, 0.3) is 0 Å². The van der Waals surface area contributed by atoms with E-state index in [4.69, 9.17) is 41.4 Å². The average Bonchev–Trinajstić information content (AvgIpc) is 2.80. The molecule has 35 heavy (non-hydrogen) atoms. The molecule has 192 valence electrons. The van der Waals surface area contributed by atoms with Crippen molar-refractivity contribution in [3.63, 3.8) is 0 Å². The number of amides is 1. The summed E-state index contributed by atoms with van der Waals surface area (Å²) in [7, 11) is 1.49. The molecule has 0 bridgehead atoms. The van der Waals surface area contributed by atoms with E-state index in [1.165, 1.54) is 25.3 Å². The molecular weight excluding hydrogens is 500 g/mol. The van der Waals surface area contributed by atoms with Crippen LogP contribution in [0.5, 0.6) is 17.2 Å². The zero-order valence-corrected chi connectivity index (χ0v) is 19.2. The van der Waals surface area contributed by atoms with Gasteiger partial charge in [-0.25, -0.2) is 9.18 Å². The van der Waals surface area contributed by atoms with E-state index >= 15 is 0 Å². The van der Waals surface area contributed by atoms with E-state index in [1.807, 2.05) is 0 Å². The second-order valence-electron chi connectivity index (χ2n) is 7.27. The standard InChI is InChI=1S/C20H22ClFN2O4.C2HF3O2/c1-26-18-11-19(17(23)10-16(18)21)27-12-20(25)24-8-6-15(7-9-24)28-14-4-2-13(22)3-5-14;3-2(4,5)1(6)7/h2-5,10-11,15H,6-9,12,23H2,1H3;(H,6,7). The molecular formula is C22H23ClF4N2O6. The van der Waals surface area contributed by atoms with E-state index in [2.05, 4.69) is 0 Å². The molecule has 2 aromatic rings. The normalized spacial score (nSPS) is 13.9. The maximum atomic E-state index is 13.0. The molecule has 3 N–H and O–H groups in total. The van der Waals surface area contributed by atoms with E-state index in [-0.39, 0.29) is 24.4 Å². The molecule has 1 saturated heterocycles. The fourth-order valence-electron chi connectivity index (χ4n) is 2.99. The summed E-state index contributed by atoms with van der Waals surface area (Å²) in [4.78, 5) is 23.1. The van der Waals surface area contributed by atoms with E-state index in [1.54, 1.807) is 23.1 Å². The number of ether oxygens (including phenoxy) is 3. The van der Waals surface area contributed by atoms with Gasteiger partial charge >= 0.3 is 12.1 Å². The molecule has 1 aliphatic heterocycles. The minimum Gasteiger partial charge on any atom is -0.495 e. The second kappa shape index (κ2) is 12.3. The Morgan fingerprint density at radius 1 is 1.14 bits per heavy atom. The zero-order valence-electron chi connectivity index (χ0n) is 18.5. The van der Waals surface area contributed by atoms with Gasteiger partial charge in [0.15, 0.2) is 6.61 Å². The Morgan fingerprint density at radius 2 is 1.71 bits per heavy atom. The summed E-state index contributed by atoms with van der Waals surface area (Å²) in [5.74, 6) is -1.78. The number of nitrogens with two attached hydrogens (primary N) is 1. The molecule has 1 heterocycles. The van der Waals surface area contributed by atoms with Gasteiger partial charge < -0.3 is 30.0 Å². The van der Waals surface area contributed by atoms with Gasteiger partial charge in [-0.05, 0) is 30.3 Å². The Hall–Kier alpha value is -3.41. The highest BCUT2D eigenvalue weighted by Gasteiger charge is 2.38. The zero-order chi connectivity index (χ0) is 26.2. The molecule has 0 aromatic heterocycles. The predicted octanol–water partition coefficient (Wildman–Crippen LogP) is 4.15. The van der Waals surface area contributed by atoms with Crippen LogP contribution in [0.15, 0.2) is 36.4 Å². The first kappa shape index (κ1) is 27.8. The quantitative estimate of drug-likeness (QED) is 0.433. The Balaban J connectivity index is 0.000000540. The van der Waals surface area contributed by atoms with Crippen LogP contribution in [0.3, 0.4) is 0 Å². The van der Waals surface area contributed by atoms with Crippen molar-refractivity contribution in [2.45, 2.75) is 25.1 Å². The number of alkyl halides is 3. The maximum Gasteiger partial charge on any atom is 0.490 e. The Labute approximate surface area is 203 Å². The summed E-state index contributed by atoms with van der Waals surface area (Å²) >= 11 is 6.00. The first-order valence-electron chi connectivity index (χ1n) is 10.2. The van der Waals surface area contributed by atoms with Crippen molar-refractivity contribution in [1.29, 1.82) is 0 Å². The summed E-state index contributed by atoms with van der Waals surface area (Å²) in [6.45, 7) is 0.999. The lowest BCUT2D eigenvalue weighted by Gasteiger charge is -2.32. The SMILES string of the molecule is COc1cc(OCC(=O)N2CCC(Oc3ccc(F)cc3)CC2)c(N)cc1Cl.O=C(O)C(F)(F)F. The topological polar surface area (TPSA) is 111 Å². The van der Waals surface area contributed by atoms with Crippen molar-refractivity contribution in [3.8, 4) is 17.2 Å². The highest BCUT2D eigenvalue weighted by atomic mass is 35.5. The van der Waals surface area contributed by atoms with E-state index < -0.39 is 12.1 Å². The van der Waals surface area contributed by atoms with Gasteiger partial charge in [0, 0.05) is 32.0 Å². The third kappa shape index (κ3) is 8.71. The van der Waals surface area contributed by atoms with Crippen molar-refractivity contribution in [2.24, 2.45) is 0 Å². The minimum absolute atomic E-state index is 0.00778. The summed E-state index contributed by atoms with van der Waals surface area (Å²) in [5, 5.41) is 7.50. The molecule has 8 nitrogen and oxygen atoms in total. The van der Waals surface area contributed by atoms with Crippen molar-refractivity contribution < 1.29 is 46.5 Å².